The lowest BCUT2D eigenvalue weighted by Gasteiger charge is -2.09. The third-order valence-electron chi connectivity index (χ3n) is 2.86. The molecule has 2 rings (SSSR count). The van der Waals surface area contributed by atoms with Gasteiger partial charge in [-0.3, -0.25) is 4.79 Å². The van der Waals surface area contributed by atoms with E-state index in [0.29, 0.717) is 12.2 Å². The monoisotopic (exact) mass is 282 g/mol. The van der Waals surface area contributed by atoms with E-state index >= 15 is 0 Å². The van der Waals surface area contributed by atoms with E-state index in [9.17, 15) is 18.0 Å². The molecule has 1 aromatic heterocycles. The summed E-state index contributed by atoms with van der Waals surface area (Å²) in [5.74, 6) is -3.92. The van der Waals surface area contributed by atoms with E-state index in [1.54, 1.807) is 12.3 Å². The van der Waals surface area contributed by atoms with E-state index in [-0.39, 0.29) is 17.7 Å². The van der Waals surface area contributed by atoms with Crippen LogP contribution in [0.4, 0.5) is 18.9 Å². The van der Waals surface area contributed by atoms with Gasteiger partial charge in [0.05, 0.1) is 5.69 Å². The summed E-state index contributed by atoms with van der Waals surface area (Å²) in [7, 11) is 0. The molecule has 0 spiro atoms. The first-order chi connectivity index (χ1) is 9.51. The minimum atomic E-state index is -1.48. The van der Waals surface area contributed by atoms with Crippen LogP contribution in [0, 0.1) is 17.5 Å². The number of aryl methyl sites for hydroxylation is 1. The summed E-state index contributed by atoms with van der Waals surface area (Å²) in [6.45, 7) is 2.47. The second kappa shape index (κ2) is 5.81. The number of pyridine rings is 1. The van der Waals surface area contributed by atoms with Crippen molar-refractivity contribution < 1.29 is 13.2 Å². The smallest absolute Gasteiger partial charge is 0.250 e. The van der Waals surface area contributed by atoms with Gasteiger partial charge in [0.15, 0.2) is 17.5 Å². The number of rotatable bonds is 4. The van der Waals surface area contributed by atoms with Crippen LogP contribution < -0.4 is 10.9 Å². The second-order valence-electron chi connectivity index (χ2n) is 4.27. The number of hydrogen-bond acceptors (Lipinski definition) is 2. The molecule has 0 aliphatic rings. The Bertz CT molecular complexity index is 659. The average molecular weight is 282 g/mol. The first-order valence-electron chi connectivity index (χ1n) is 6.09. The molecule has 0 aliphatic heterocycles. The lowest BCUT2D eigenvalue weighted by molar-refractivity contribution is 0.445. The zero-order chi connectivity index (χ0) is 14.7. The predicted molar refractivity (Wildman–Crippen MR) is 70.0 cm³/mol. The summed E-state index contributed by atoms with van der Waals surface area (Å²) in [4.78, 5) is 11.4. The SMILES string of the molecule is CCn1cc(NCc2cc(F)c(F)c(F)c2)ccc1=O. The largest absolute Gasteiger partial charge is 0.380 e. The number of halogens is 3. The molecule has 1 heterocycles. The van der Waals surface area contributed by atoms with E-state index < -0.39 is 17.5 Å². The van der Waals surface area contributed by atoms with Crippen LogP contribution in [0.25, 0.3) is 0 Å². The van der Waals surface area contributed by atoms with E-state index in [2.05, 4.69) is 5.32 Å². The van der Waals surface area contributed by atoms with Gasteiger partial charge in [-0.2, -0.15) is 0 Å². The van der Waals surface area contributed by atoms with Crippen molar-refractivity contribution in [3.8, 4) is 0 Å². The Balaban J connectivity index is 2.15. The van der Waals surface area contributed by atoms with Gasteiger partial charge in [0, 0.05) is 25.4 Å². The fraction of sp³-hybridized carbons (Fsp3) is 0.214. The zero-order valence-electron chi connectivity index (χ0n) is 10.8. The molecule has 0 saturated carbocycles. The lowest BCUT2D eigenvalue weighted by Crippen LogP contribution is -2.17. The maximum absolute atomic E-state index is 13.0. The van der Waals surface area contributed by atoms with Gasteiger partial charge in [0.25, 0.3) is 5.56 Å². The molecular formula is C14H13F3N2O. The van der Waals surface area contributed by atoms with E-state index in [1.165, 1.54) is 10.6 Å². The molecule has 0 unspecified atom stereocenters. The van der Waals surface area contributed by atoms with Crippen molar-refractivity contribution in [2.45, 2.75) is 20.0 Å². The highest BCUT2D eigenvalue weighted by atomic mass is 19.2. The fourth-order valence-corrected chi connectivity index (χ4v) is 1.80. The van der Waals surface area contributed by atoms with E-state index in [0.717, 1.165) is 12.1 Å². The van der Waals surface area contributed by atoms with Crippen LogP contribution in [-0.2, 0) is 13.1 Å². The predicted octanol–water partition coefficient (Wildman–Crippen LogP) is 2.90. The number of nitrogens with zero attached hydrogens (tertiary/aromatic N) is 1. The molecule has 20 heavy (non-hydrogen) atoms. The molecule has 0 aliphatic carbocycles. The van der Waals surface area contributed by atoms with Crippen molar-refractivity contribution in [2.75, 3.05) is 5.32 Å². The van der Waals surface area contributed by atoms with E-state index in [4.69, 9.17) is 0 Å². The molecule has 0 amide bonds. The summed E-state index contributed by atoms with van der Waals surface area (Å²) in [6.07, 6.45) is 1.61. The van der Waals surface area contributed by atoms with Gasteiger partial charge in [-0.25, -0.2) is 13.2 Å². The molecule has 0 bridgehead atoms. The quantitative estimate of drug-likeness (QED) is 0.875. The highest BCUT2D eigenvalue weighted by Crippen LogP contribution is 2.15. The van der Waals surface area contributed by atoms with Crippen LogP contribution in [0.3, 0.4) is 0 Å². The maximum atomic E-state index is 13.0. The van der Waals surface area contributed by atoms with Gasteiger partial charge in [0.2, 0.25) is 0 Å². The van der Waals surface area contributed by atoms with Crippen molar-refractivity contribution >= 4 is 5.69 Å². The van der Waals surface area contributed by atoms with Crippen molar-refractivity contribution in [3.63, 3.8) is 0 Å². The maximum Gasteiger partial charge on any atom is 0.250 e. The van der Waals surface area contributed by atoms with Crippen LogP contribution in [0.5, 0.6) is 0 Å². The molecule has 0 radical (unpaired) electrons. The minimum Gasteiger partial charge on any atom is -0.380 e. The molecule has 0 atom stereocenters. The highest BCUT2D eigenvalue weighted by Gasteiger charge is 2.10. The van der Waals surface area contributed by atoms with Crippen LogP contribution in [0.15, 0.2) is 35.3 Å². The molecule has 106 valence electrons. The van der Waals surface area contributed by atoms with Crippen LogP contribution in [0.2, 0.25) is 0 Å². The molecule has 3 nitrogen and oxygen atoms in total. The Morgan fingerprint density at radius 3 is 2.40 bits per heavy atom. The normalized spacial score (nSPS) is 10.6. The number of nitrogens with one attached hydrogen (secondary N) is 1. The fourth-order valence-electron chi connectivity index (χ4n) is 1.80. The van der Waals surface area contributed by atoms with Crippen LogP contribution in [0.1, 0.15) is 12.5 Å². The third kappa shape index (κ3) is 3.01. The molecule has 0 fully saturated rings. The Kier molecular flexibility index (Phi) is 4.12. The summed E-state index contributed by atoms with van der Waals surface area (Å²) >= 11 is 0. The zero-order valence-corrected chi connectivity index (χ0v) is 10.8. The number of benzene rings is 1. The van der Waals surface area contributed by atoms with Gasteiger partial charge in [-0.1, -0.05) is 0 Å². The molecule has 0 saturated heterocycles. The summed E-state index contributed by atoms with van der Waals surface area (Å²) < 4.78 is 40.4. The van der Waals surface area contributed by atoms with Gasteiger partial charge in [0.1, 0.15) is 0 Å². The van der Waals surface area contributed by atoms with E-state index in [1.807, 2.05) is 6.92 Å². The van der Waals surface area contributed by atoms with Crippen molar-refractivity contribution in [3.05, 3.63) is 63.8 Å². The van der Waals surface area contributed by atoms with Gasteiger partial charge < -0.3 is 9.88 Å². The van der Waals surface area contributed by atoms with Crippen molar-refractivity contribution in [2.24, 2.45) is 0 Å². The molecule has 1 aromatic carbocycles. The first-order valence-corrected chi connectivity index (χ1v) is 6.09. The Morgan fingerprint density at radius 1 is 1.15 bits per heavy atom. The van der Waals surface area contributed by atoms with Crippen molar-refractivity contribution in [1.29, 1.82) is 0 Å². The lowest BCUT2D eigenvalue weighted by atomic mass is 10.2. The summed E-state index contributed by atoms with van der Waals surface area (Å²) in [5, 5.41) is 2.92. The van der Waals surface area contributed by atoms with Gasteiger partial charge >= 0.3 is 0 Å². The summed E-state index contributed by atoms with van der Waals surface area (Å²) in [6, 6.07) is 4.84. The standard InChI is InChI=1S/C14H13F3N2O/c1-2-19-8-10(3-4-13(19)20)18-7-9-5-11(15)14(17)12(16)6-9/h3-6,8,18H,2,7H2,1H3. The second-order valence-corrected chi connectivity index (χ2v) is 4.27. The molecule has 2 aromatic rings. The first kappa shape index (κ1) is 14.2. The average Bonchev–Trinajstić information content (AvgIpc) is 2.43. The minimum absolute atomic E-state index is 0.121. The van der Waals surface area contributed by atoms with Crippen LogP contribution >= 0.6 is 0 Å². The summed E-state index contributed by atoms with van der Waals surface area (Å²) in [5.41, 5.74) is 0.782. The number of aromatic nitrogens is 1. The van der Waals surface area contributed by atoms with Gasteiger partial charge in [-0.05, 0) is 30.7 Å². The van der Waals surface area contributed by atoms with Gasteiger partial charge in [-0.15, -0.1) is 0 Å². The Hall–Kier alpha value is -2.24. The molecular weight excluding hydrogens is 269 g/mol. The number of hydrogen-bond donors (Lipinski definition) is 1. The molecule has 1 N–H and O–H groups in total. The topological polar surface area (TPSA) is 34.0 Å². The number of anilines is 1. The Labute approximate surface area is 113 Å². The van der Waals surface area contributed by atoms with Crippen LogP contribution in [-0.4, -0.2) is 4.57 Å². The molecule has 6 heteroatoms. The third-order valence-corrected chi connectivity index (χ3v) is 2.86. The van der Waals surface area contributed by atoms with Crippen molar-refractivity contribution in [1.82, 2.24) is 4.57 Å². The Morgan fingerprint density at radius 2 is 1.80 bits per heavy atom. The highest BCUT2D eigenvalue weighted by molar-refractivity contribution is 5.41.